The first-order chi connectivity index (χ1) is 21.6. The minimum atomic E-state index is -0.824. The van der Waals surface area contributed by atoms with Gasteiger partial charge in [0.1, 0.15) is 6.61 Å². The van der Waals surface area contributed by atoms with Gasteiger partial charge in [0.05, 0.1) is 56.6 Å². The number of fused-ring (bicyclic) bond motifs is 1. The van der Waals surface area contributed by atoms with Crippen LogP contribution in [0.15, 0.2) is 70.1 Å². The maximum atomic E-state index is 13.9. The van der Waals surface area contributed by atoms with Crippen molar-refractivity contribution in [3.8, 4) is 17.2 Å². The van der Waals surface area contributed by atoms with Crippen LogP contribution in [0.1, 0.15) is 36.6 Å². The normalized spacial score (nSPS) is 14.3. The van der Waals surface area contributed by atoms with E-state index in [1.807, 2.05) is 13.8 Å². The highest BCUT2D eigenvalue weighted by molar-refractivity contribution is 7.07. The van der Waals surface area contributed by atoms with Crippen LogP contribution in [0, 0.1) is 0 Å². The molecule has 1 aliphatic heterocycles. The molecule has 3 aromatic carbocycles. The molecule has 2 heterocycles. The molecule has 0 N–H and O–H groups in total. The van der Waals surface area contributed by atoms with E-state index in [0.29, 0.717) is 55.2 Å². The molecule has 1 aromatic heterocycles. The first kappa shape index (κ1) is 32.9. The first-order valence-electron chi connectivity index (χ1n) is 13.7. The van der Waals surface area contributed by atoms with Gasteiger partial charge in [-0.2, -0.15) is 0 Å². The van der Waals surface area contributed by atoms with Crippen LogP contribution < -0.4 is 29.1 Å². The van der Waals surface area contributed by atoms with E-state index < -0.39 is 12.0 Å². The van der Waals surface area contributed by atoms with Gasteiger partial charge in [0.25, 0.3) is 5.56 Å². The summed E-state index contributed by atoms with van der Waals surface area (Å²) in [4.78, 5) is 31.6. The number of hydrogen-bond acceptors (Lipinski definition) is 8. The van der Waals surface area contributed by atoms with E-state index in [4.69, 9.17) is 65.4 Å². The fourth-order valence-electron chi connectivity index (χ4n) is 4.72. The predicted molar refractivity (Wildman–Crippen MR) is 177 cm³/mol. The molecule has 0 unspecified atom stereocenters. The van der Waals surface area contributed by atoms with E-state index in [1.165, 1.54) is 17.9 Å². The summed E-state index contributed by atoms with van der Waals surface area (Å²) in [5, 5.41) is 1.36. The summed E-state index contributed by atoms with van der Waals surface area (Å²) in [6, 6.07) is 12.9. The number of esters is 1. The van der Waals surface area contributed by atoms with E-state index in [1.54, 1.807) is 54.6 Å². The zero-order valence-corrected chi connectivity index (χ0v) is 28.1. The lowest BCUT2D eigenvalue weighted by Gasteiger charge is -2.23. The van der Waals surface area contributed by atoms with E-state index in [0.717, 1.165) is 16.9 Å². The first-order valence-corrected chi connectivity index (χ1v) is 16.0. The van der Waals surface area contributed by atoms with Gasteiger partial charge < -0.3 is 18.9 Å². The summed E-state index contributed by atoms with van der Waals surface area (Å²) in [6.45, 7) is 4.74. The zero-order valence-electron chi connectivity index (χ0n) is 24.2. The van der Waals surface area contributed by atoms with Crippen molar-refractivity contribution in [2.24, 2.45) is 4.99 Å². The molecule has 0 bridgehead atoms. The van der Waals surface area contributed by atoms with Gasteiger partial charge >= 0.3 is 5.97 Å². The van der Waals surface area contributed by atoms with Gasteiger partial charge in [0.2, 0.25) is 0 Å². The highest BCUT2D eigenvalue weighted by Crippen LogP contribution is 2.37. The smallest absolute Gasteiger partial charge is 0.337 e. The molecule has 45 heavy (non-hydrogen) atoms. The molecule has 5 rings (SSSR count). The van der Waals surface area contributed by atoms with Crippen LogP contribution in [0.4, 0.5) is 0 Å². The van der Waals surface area contributed by atoms with Gasteiger partial charge in [0.15, 0.2) is 22.0 Å². The topological polar surface area (TPSA) is 88.4 Å². The Morgan fingerprint density at radius 1 is 0.911 bits per heavy atom. The number of carbonyl (C=O) groups is 1. The van der Waals surface area contributed by atoms with Gasteiger partial charge in [-0.3, -0.25) is 9.36 Å². The molecular weight excluding hydrogens is 682 g/mol. The number of ether oxygens (including phenoxy) is 4. The molecular formula is C32H26Cl4N2O6S. The third-order valence-electron chi connectivity index (χ3n) is 6.69. The third kappa shape index (κ3) is 7.03. The largest absolute Gasteiger partial charge is 0.490 e. The van der Waals surface area contributed by atoms with Crippen molar-refractivity contribution in [1.29, 1.82) is 0 Å². The van der Waals surface area contributed by atoms with E-state index >= 15 is 0 Å². The molecule has 234 valence electrons. The highest BCUT2D eigenvalue weighted by Gasteiger charge is 2.31. The molecule has 0 aliphatic carbocycles. The summed E-state index contributed by atoms with van der Waals surface area (Å²) in [5.74, 6) is 0.717. The molecule has 1 atom stereocenters. The van der Waals surface area contributed by atoms with Crippen molar-refractivity contribution in [2.75, 3.05) is 20.3 Å². The molecule has 0 saturated carbocycles. The molecule has 13 heteroatoms. The third-order valence-corrected chi connectivity index (χ3v) is 8.99. The fraction of sp³-hybridized carbons (Fsp3) is 0.219. The van der Waals surface area contributed by atoms with Crippen LogP contribution in [0.3, 0.4) is 0 Å². The van der Waals surface area contributed by atoms with E-state index in [2.05, 4.69) is 4.99 Å². The second kappa shape index (κ2) is 14.3. The summed E-state index contributed by atoms with van der Waals surface area (Å²) < 4.78 is 24.2. The Morgan fingerprint density at radius 2 is 1.62 bits per heavy atom. The molecule has 1 aliphatic rings. The minimum Gasteiger partial charge on any atom is -0.490 e. The monoisotopic (exact) mass is 706 g/mol. The Morgan fingerprint density at radius 3 is 2.29 bits per heavy atom. The van der Waals surface area contributed by atoms with Crippen LogP contribution in [0.25, 0.3) is 6.08 Å². The molecule has 0 saturated heterocycles. The Balaban J connectivity index is 1.53. The number of halogens is 4. The fourth-order valence-corrected chi connectivity index (χ4v) is 6.63. The second-order valence-electron chi connectivity index (χ2n) is 9.60. The summed E-state index contributed by atoms with van der Waals surface area (Å²) in [5.41, 5.74) is 1.80. The van der Waals surface area contributed by atoms with Crippen molar-refractivity contribution in [3.63, 3.8) is 0 Å². The standard InChI is InChI=1S/C32H26Cl4N2O6S/c1-4-42-25-9-7-19(14-26(25)43-5-2)28-20(31(40)41-3)15-37-32-38(28)30(39)27(45-32)13-18-11-23(35)29(24(36)12-18)44-16-17-6-8-21(33)22(34)10-17/h6-15,28H,4-5,16H2,1-3H3/b27-13-/t28-/m1/s1. The maximum absolute atomic E-state index is 13.9. The Bertz CT molecular complexity index is 1970. The van der Waals surface area contributed by atoms with Crippen LogP contribution in [-0.2, 0) is 16.1 Å². The average molecular weight is 708 g/mol. The van der Waals surface area contributed by atoms with Crippen molar-refractivity contribution >= 4 is 69.8 Å². The van der Waals surface area contributed by atoms with Gasteiger partial charge in [-0.25, -0.2) is 9.79 Å². The molecule has 8 nitrogen and oxygen atoms in total. The predicted octanol–water partition coefficient (Wildman–Crippen LogP) is 7.01. The quantitative estimate of drug-likeness (QED) is 0.165. The SMILES string of the molecule is CCOc1ccc([C@@H]2C(C(=O)OC)=CN=c3s/c(=C\c4cc(Cl)c(OCc5ccc(Cl)c(Cl)c5)c(Cl)c4)c(=O)n32)cc1OCC. The lowest BCUT2D eigenvalue weighted by atomic mass is 9.97. The number of aromatic nitrogens is 1. The Kier molecular flexibility index (Phi) is 10.5. The number of thiazole rings is 1. The van der Waals surface area contributed by atoms with Gasteiger partial charge in [0, 0.05) is 6.20 Å². The molecule has 0 amide bonds. The van der Waals surface area contributed by atoms with Gasteiger partial charge in [-0.05, 0) is 73.0 Å². The number of benzene rings is 3. The van der Waals surface area contributed by atoms with Gasteiger partial charge in [-0.1, -0.05) is 69.9 Å². The van der Waals surface area contributed by atoms with Crippen molar-refractivity contribution in [3.05, 3.63) is 117 Å². The molecule has 0 radical (unpaired) electrons. The molecule has 0 spiro atoms. The minimum absolute atomic E-state index is 0.160. The Labute approximate surface area is 282 Å². The second-order valence-corrected chi connectivity index (χ2v) is 12.2. The van der Waals surface area contributed by atoms with Crippen LogP contribution >= 0.6 is 57.7 Å². The number of rotatable bonds is 10. The summed E-state index contributed by atoms with van der Waals surface area (Å²) >= 11 is 26.4. The van der Waals surface area contributed by atoms with Crippen LogP contribution in [0.5, 0.6) is 17.2 Å². The number of methoxy groups -OCH3 is 1. The van der Waals surface area contributed by atoms with Crippen LogP contribution in [0.2, 0.25) is 20.1 Å². The Hall–Kier alpha value is -3.47. The summed E-state index contributed by atoms with van der Waals surface area (Å²) in [7, 11) is 1.28. The van der Waals surface area contributed by atoms with E-state index in [9.17, 15) is 9.59 Å². The average Bonchev–Trinajstić information content (AvgIpc) is 3.33. The summed E-state index contributed by atoms with van der Waals surface area (Å²) in [6.07, 6.45) is 3.09. The molecule has 0 fully saturated rings. The number of nitrogens with zero attached hydrogens (tertiary/aromatic N) is 2. The lowest BCUT2D eigenvalue weighted by Crippen LogP contribution is -2.39. The van der Waals surface area contributed by atoms with E-state index in [-0.39, 0.29) is 33.5 Å². The molecule has 4 aromatic rings. The number of carbonyl (C=O) groups excluding carboxylic acids is 1. The zero-order chi connectivity index (χ0) is 32.2. The number of hydrogen-bond donors (Lipinski definition) is 0. The van der Waals surface area contributed by atoms with Crippen molar-refractivity contribution < 1.29 is 23.7 Å². The van der Waals surface area contributed by atoms with Gasteiger partial charge in [-0.15, -0.1) is 0 Å². The lowest BCUT2D eigenvalue weighted by molar-refractivity contribution is -0.136. The van der Waals surface area contributed by atoms with Crippen molar-refractivity contribution in [1.82, 2.24) is 4.57 Å². The highest BCUT2D eigenvalue weighted by atomic mass is 35.5. The van der Waals surface area contributed by atoms with Crippen molar-refractivity contribution in [2.45, 2.75) is 26.5 Å². The maximum Gasteiger partial charge on any atom is 0.337 e. The van der Waals surface area contributed by atoms with Crippen LogP contribution in [-0.4, -0.2) is 30.9 Å².